The maximum atomic E-state index is 14.4. The molecule has 15 nitrogen and oxygen atoms in total. The number of carbonyl (C=O) groups is 1. The van der Waals surface area contributed by atoms with E-state index >= 15 is 0 Å². The number of ether oxygens (including phenoxy) is 9. The molecule has 0 unspecified atom stereocenters. The van der Waals surface area contributed by atoms with Crippen molar-refractivity contribution in [3.05, 3.63) is 47.1 Å². The van der Waals surface area contributed by atoms with Gasteiger partial charge < -0.3 is 68.2 Å². The summed E-state index contributed by atoms with van der Waals surface area (Å²) in [4.78, 5) is 14.4. The van der Waals surface area contributed by atoms with E-state index in [0.717, 1.165) is 18.4 Å². The van der Waals surface area contributed by atoms with Crippen molar-refractivity contribution in [1.29, 1.82) is 0 Å². The van der Waals surface area contributed by atoms with Gasteiger partial charge in [0.15, 0.2) is 18.4 Å². The quantitative estimate of drug-likeness (QED) is 0.174. The Labute approximate surface area is 366 Å². The van der Waals surface area contributed by atoms with Gasteiger partial charge in [0, 0.05) is 45.1 Å². The first-order valence-electron chi connectivity index (χ1n) is 23.0. The van der Waals surface area contributed by atoms with Crippen LogP contribution in [0.3, 0.4) is 0 Å². The highest BCUT2D eigenvalue weighted by Gasteiger charge is 2.60. The van der Waals surface area contributed by atoms with E-state index in [-0.39, 0.29) is 42.6 Å². The SMILES string of the molecule is CC[C@H](C)[C@H]1O[C@]2(CC[C@@H]1C)C[C@@H]1C[C@@H](C/C=C(\C)[C@@H](O[C@H]3C[C@H](OC)[C@@H](O[C@H]4C[C@H](O)[C@@H](O)[C@H](C)O4)[C@H](C)O3)[C@@H](C)/C=C/C=C3\CO[C@@H]4[C@H](O)C(CO)=C[C@@H](C(=O)O1)[C@]34O)O2. The molecule has 0 aromatic heterocycles. The summed E-state index contributed by atoms with van der Waals surface area (Å²) in [6, 6.07) is 0. The molecular weight excluding hydrogens is 805 g/mol. The second kappa shape index (κ2) is 19.8. The van der Waals surface area contributed by atoms with E-state index in [1.54, 1.807) is 26.2 Å². The van der Waals surface area contributed by atoms with E-state index < -0.39 is 104 Å². The van der Waals surface area contributed by atoms with Gasteiger partial charge in [0.25, 0.3) is 0 Å². The summed E-state index contributed by atoms with van der Waals surface area (Å²) in [5.74, 6) is -2.52. The number of esters is 1. The Hall–Kier alpha value is -2.09. The lowest BCUT2D eigenvalue weighted by atomic mass is 9.70. The van der Waals surface area contributed by atoms with Crippen LogP contribution in [0.4, 0.5) is 0 Å². The van der Waals surface area contributed by atoms with Crippen molar-refractivity contribution in [2.75, 3.05) is 20.3 Å². The Morgan fingerprint density at radius 2 is 1.73 bits per heavy atom. The van der Waals surface area contributed by atoms with Crippen LogP contribution in [0.25, 0.3) is 0 Å². The van der Waals surface area contributed by atoms with Gasteiger partial charge >= 0.3 is 5.97 Å². The summed E-state index contributed by atoms with van der Waals surface area (Å²) in [5.41, 5.74) is -0.413. The summed E-state index contributed by atoms with van der Waals surface area (Å²) in [6.07, 6.45) is 3.66. The summed E-state index contributed by atoms with van der Waals surface area (Å²) in [6.45, 7) is 13.6. The highest BCUT2D eigenvalue weighted by Crippen LogP contribution is 2.48. The molecule has 2 bridgehead atoms. The lowest BCUT2D eigenvalue weighted by Crippen LogP contribution is -2.59. The van der Waals surface area contributed by atoms with Gasteiger partial charge in [0.05, 0.1) is 55.9 Å². The van der Waals surface area contributed by atoms with Crippen LogP contribution in [-0.2, 0) is 47.4 Å². The van der Waals surface area contributed by atoms with E-state index in [4.69, 9.17) is 42.6 Å². The first-order valence-corrected chi connectivity index (χ1v) is 23.0. The molecule has 0 amide bonds. The van der Waals surface area contributed by atoms with Crippen LogP contribution in [-0.4, -0.2) is 149 Å². The molecule has 5 saturated heterocycles. The summed E-state index contributed by atoms with van der Waals surface area (Å²) < 4.78 is 57.8. The zero-order chi connectivity index (χ0) is 44.7. The van der Waals surface area contributed by atoms with E-state index in [2.05, 4.69) is 26.8 Å². The fourth-order valence-electron chi connectivity index (χ4n) is 10.8. The van der Waals surface area contributed by atoms with Crippen LogP contribution >= 0.6 is 0 Å². The average Bonchev–Trinajstić information content (AvgIpc) is 3.58. The maximum absolute atomic E-state index is 14.4. The topological polar surface area (TPSA) is 201 Å². The Morgan fingerprint density at radius 1 is 0.984 bits per heavy atom. The van der Waals surface area contributed by atoms with Crippen LogP contribution in [0, 0.1) is 23.7 Å². The van der Waals surface area contributed by atoms with Gasteiger partial charge in [-0.2, -0.15) is 0 Å². The van der Waals surface area contributed by atoms with Crippen LogP contribution in [0.1, 0.15) is 99.8 Å². The summed E-state index contributed by atoms with van der Waals surface area (Å²) in [7, 11) is 1.61. The number of aliphatic hydroxyl groups is 5. The van der Waals surface area contributed by atoms with Crippen molar-refractivity contribution in [2.24, 2.45) is 23.7 Å². The Balaban J connectivity index is 1.19. The molecule has 0 aromatic rings. The van der Waals surface area contributed by atoms with Crippen LogP contribution in [0.2, 0.25) is 0 Å². The number of methoxy groups -OCH3 is 1. The largest absolute Gasteiger partial charge is 0.462 e. The minimum atomic E-state index is -1.94. The van der Waals surface area contributed by atoms with Crippen molar-refractivity contribution >= 4 is 5.97 Å². The van der Waals surface area contributed by atoms with E-state index in [1.807, 2.05) is 26.8 Å². The molecule has 1 spiro atoms. The molecule has 0 radical (unpaired) electrons. The van der Waals surface area contributed by atoms with E-state index in [0.29, 0.717) is 43.6 Å². The zero-order valence-electron chi connectivity index (χ0n) is 37.7. The molecule has 350 valence electrons. The Morgan fingerprint density at radius 3 is 2.44 bits per heavy atom. The Bertz CT molecular complexity index is 1670. The average molecular weight is 877 g/mol. The predicted molar refractivity (Wildman–Crippen MR) is 224 cm³/mol. The highest BCUT2D eigenvalue weighted by atomic mass is 16.7. The summed E-state index contributed by atoms with van der Waals surface area (Å²) >= 11 is 0. The van der Waals surface area contributed by atoms with Crippen molar-refractivity contribution in [2.45, 2.75) is 197 Å². The molecule has 7 aliphatic rings. The highest BCUT2D eigenvalue weighted by molar-refractivity contribution is 5.78. The lowest BCUT2D eigenvalue weighted by Gasteiger charge is -2.51. The number of fused-ring (bicyclic) bond motifs is 2. The molecule has 15 heteroatoms. The third-order valence-corrected chi connectivity index (χ3v) is 14.7. The number of carbonyl (C=O) groups excluding carboxylic acids is 1. The van der Waals surface area contributed by atoms with E-state index in [1.165, 1.54) is 6.08 Å². The smallest absolute Gasteiger partial charge is 0.316 e. The molecule has 62 heavy (non-hydrogen) atoms. The van der Waals surface area contributed by atoms with Crippen molar-refractivity contribution < 1.29 is 73.0 Å². The second-order valence-corrected chi connectivity index (χ2v) is 19.1. The zero-order valence-corrected chi connectivity index (χ0v) is 37.7. The monoisotopic (exact) mass is 876 g/mol. The lowest BCUT2D eigenvalue weighted by molar-refractivity contribution is -0.340. The van der Waals surface area contributed by atoms with Gasteiger partial charge in [-0.1, -0.05) is 64.5 Å². The number of aliphatic hydroxyl groups excluding tert-OH is 4. The van der Waals surface area contributed by atoms with Gasteiger partial charge in [-0.25, -0.2) is 0 Å². The molecule has 20 atom stereocenters. The van der Waals surface area contributed by atoms with E-state index in [9.17, 15) is 30.3 Å². The normalized spacial score (nSPS) is 49.4. The number of rotatable bonds is 8. The third-order valence-electron chi connectivity index (χ3n) is 14.7. The standard InChI is InChI=1S/C47H72O15/c1-9-24(2)42-27(5)15-16-46(62-42)21-33-18-32(61-46)14-13-26(4)41(59-38-20-36(54-8)43(29(7)57-38)60-37-19-35(49)39(50)28(6)56-37)25(3)11-10-12-31-23-55-44-40(51)30(22-48)17-34(45(52)58-33)47(31,44)53/h10-13,17,24-25,27-29,32-44,48-51,53H,9,14-16,18-23H2,1-8H3/b11-10+,26-13+,31-12+/t24-,25-,27-,28-,29-,32+,33-,34-,35-,36-,37-,38-,39-,40+,41-,42+,43-,44+,46+,47+/m0/s1. The molecule has 6 heterocycles. The Kier molecular flexibility index (Phi) is 15.3. The molecule has 6 aliphatic heterocycles. The molecule has 5 fully saturated rings. The number of hydrogen-bond donors (Lipinski definition) is 5. The first-order chi connectivity index (χ1) is 29.5. The second-order valence-electron chi connectivity index (χ2n) is 19.1. The molecule has 0 saturated carbocycles. The minimum absolute atomic E-state index is 0.0406. The van der Waals surface area contributed by atoms with Crippen LogP contribution in [0.5, 0.6) is 0 Å². The maximum Gasteiger partial charge on any atom is 0.316 e. The molecule has 5 N–H and O–H groups in total. The fourth-order valence-corrected chi connectivity index (χ4v) is 10.8. The fraction of sp³-hybridized carbons (Fsp3) is 0.809. The number of allylic oxidation sites excluding steroid dienone is 2. The van der Waals surface area contributed by atoms with Crippen molar-refractivity contribution in [3.8, 4) is 0 Å². The minimum Gasteiger partial charge on any atom is -0.462 e. The molecular formula is C47H72O15. The molecule has 1 aliphatic carbocycles. The van der Waals surface area contributed by atoms with Gasteiger partial charge in [-0.3, -0.25) is 4.79 Å². The van der Waals surface area contributed by atoms with Crippen molar-refractivity contribution in [3.63, 3.8) is 0 Å². The van der Waals surface area contributed by atoms with Gasteiger partial charge in [0.1, 0.15) is 42.0 Å². The predicted octanol–water partition coefficient (Wildman–Crippen LogP) is 3.92. The number of hydrogen-bond acceptors (Lipinski definition) is 15. The van der Waals surface area contributed by atoms with Crippen molar-refractivity contribution in [1.82, 2.24) is 0 Å². The van der Waals surface area contributed by atoms with Gasteiger partial charge in [0.2, 0.25) is 0 Å². The van der Waals surface area contributed by atoms with Gasteiger partial charge in [-0.05, 0) is 62.2 Å². The summed E-state index contributed by atoms with van der Waals surface area (Å²) in [5, 5.41) is 54.5. The van der Waals surface area contributed by atoms with Gasteiger partial charge in [-0.15, -0.1) is 0 Å². The van der Waals surface area contributed by atoms with Crippen LogP contribution < -0.4 is 0 Å². The first kappa shape index (κ1) is 47.9. The molecule has 0 aromatic carbocycles. The molecule has 7 rings (SSSR count). The van der Waals surface area contributed by atoms with Crippen LogP contribution in [0.15, 0.2) is 47.1 Å². The third kappa shape index (κ3) is 9.72.